The highest BCUT2D eigenvalue weighted by Gasteiger charge is 2.26. The number of halogens is 1. The van der Waals surface area contributed by atoms with Gasteiger partial charge in [0.25, 0.3) is 5.91 Å². The van der Waals surface area contributed by atoms with Gasteiger partial charge >= 0.3 is 0 Å². The maximum Gasteiger partial charge on any atom is 0.254 e. The average Bonchev–Trinajstić information content (AvgIpc) is 3.31. The van der Waals surface area contributed by atoms with Crippen molar-refractivity contribution in [3.63, 3.8) is 0 Å². The number of ether oxygens (including phenoxy) is 1. The number of nitrogens with zero attached hydrogens (tertiary/aromatic N) is 3. The Bertz CT molecular complexity index is 1300. The summed E-state index contributed by atoms with van der Waals surface area (Å²) in [5.41, 5.74) is 3.95. The predicted octanol–water partition coefficient (Wildman–Crippen LogP) is 4.28. The fourth-order valence-corrected chi connectivity index (χ4v) is 3.93. The van der Waals surface area contributed by atoms with Crippen molar-refractivity contribution >= 4 is 16.8 Å². The number of fused-ring (bicyclic) bond motifs is 1. The lowest BCUT2D eigenvalue weighted by Crippen LogP contribution is -2.33. The molecule has 170 valence electrons. The van der Waals surface area contributed by atoms with E-state index in [1.165, 1.54) is 17.0 Å². The molecule has 33 heavy (non-hydrogen) atoms. The molecule has 0 aliphatic carbocycles. The fraction of sp³-hybridized carbons (Fsp3) is 0.240. The summed E-state index contributed by atoms with van der Waals surface area (Å²) in [6.45, 7) is 3.82. The van der Waals surface area contributed by atoms with Gasteiger partial charge in [-0.25, -0.2) is 4.39 Å². The average molecular weight is 448 g/mol. The Labute approximate surface area is 190 Å². The van der Waals surface area contributed by atoms with Crippen LogP contribution in [0.25, 0.3) is 22.0 Å². The molecule has 0 bridgehead atoms. The van der Waals surface area contributed by atoms with Crippen molar-refractivity contribution in [2.75, 3.05) is 20.3 Å². The number of likely N-dealkylation sites (N-methyl/N-ethyl adjacent to an activating group) is 1. The number of nitrogens with one attached hydrogen (secondary N) is 1. The van der Waals surface area contributed by atoms with Gasteiger partial charge < -0.3 is 14.7 Å². The van der Waals surface area contributed by atoms with Crippen LogP contribution < -0.4 is 4.74 Å². The normalized spacial score (nSPS) is 12.0. The molecule has 2 aromatic heterocycles. The van der Waals surface area contributed by atoms with E-state index in [2.05, 4.69) is 15.2 Å². The summed E-state index contributed by atoms with van der Waals surface area (Å²) >= 11 is 0. The summed E-state index contributed by atoms with van der Waals surface area (Å²) in [6, 6.07) is 10.7. The van der Waals surface area contributed by atoms with Crippen molar-refractivity contribution in [2.24, 2.45) is 0 Å². The molecule has 0 radical (unpaired) electrons. The first kappa shape index (κ1) is 22.4. The van der Waals surface area contributed by atoms with Crippen molar-refractivity contribution < 1.29 is 19.0 Å². The Morgan fingerprint density at radius 1 is 1.24 bits per heavy atom. The van der Waals surface area contributed by atoms with Gasteiger partial charge in [0.05, 0.1) is 31.0 Å². The Balaban J connectivity index is 1.69. The van der Waals surface area contributed by atoms with E-state index in [0.29, 0.717) is 34.6 Å². The van der Waals surface area contributed by atoms with E-state index in [9.17, 15) is 14.3 Å². The van der Waals surface area contributed by atoms with Crippen LogP contribution in [0.4, 0.5) is 4.39 Å². The zero-order valence-electron chi connectivity index (χ0n) is 18.7. The summed E-state index contributed by atoms with van der Waals surface area (Å²) < 4.78 is 19.5. The van der Waals surface area contributed by atoms with Gasteiger partial charge in [-0.2, -0.15) is 5.10 Å². The first-order valence-electron chi connectivity index (χ1n) is 10.6. The molecular weight excluding hydrogens is 423 g/mol. The number of aliphatic hydroxyl groups excluding tert-OH is 1. The molecule has 1 atom stereocenters. The van der Waals surface area contributed by atoms with E-state index in [-0.39, 0.29) is 18.3 Å². The Morgan fingerprint density at radius 3 is 2.79 bits per heavy atom. The van der Waals surface area contributed by atoms with Gasteiger partial charge in [0.1, 0.15) is 11.6 Å². The van der Waals surface area contributed by atoms with E-state index in [1.807, 2.05) is 13.8 Å². The van der Waals surface area contributed by atoms with Crippen molar-refractivity contribution in [1.82, 2.24) is 20.1 Å². The third-order valence-electron chi connectivity index (χ3n) is 5.70. The second kappa shape index (κ2) is 9.38. The SMILES string of the molecule is CCOc1cc(C(=O)N(C)C(CO)c2cnc(C)c3cn[nH]c23)ccc1-c1cccc(F)c1. The molecule has 0 saturated carbocycles. The van der Waals surface area contributed by atoms with Crippen LogP contribution in [-0.2, 0) is 0 Å². The standard InChI is InChI=1S/C25H25FN4O3/c1-4-33-23-11-17(8-9-19(23)16-6-5-7-18(26)10-16)25(32)30(3)22(14-31)21-12-27-15(2)20-13-28-29-24(20)21/h5-13,22,31H,4,14H2,1-3H3,(H,28,29). The minimum Gasteiger partial charge on any atom is -0.493 e. The number of rotatable bonds is 7. The molecule has 8 heteroatoms. The molecule has 0 saturated heterocycles. The van der Waals surface area contributed by atoms with Crippen LogP contribution in [0.2, 0.25) is 0 Å². The summed E-state index contributed by atoms with van der Waals surface area (Å²) in [4.78, 5) is 19.2. The molecule has 2 heterocycles. The molecule has 2 aromatic carbocycles. The molecule has 7 nitrogen and oxygen atoms in total. The summed E-state index contributed by atoms with van der Waals surface area (Å²) in [5, 5.41) is 18.0. The number of carbonyl (C=O) groups is 1. The zero-order valence-corrected chi connectivity index (χ0v) is 18.7. The lowest BCUT2D eigenvalue weighted by Gasteiger charge is -2.27. The molecule has 4 rings (SSSR count). The van der Waals surface area contributed by atoms with Crippen molar-refractivity contribution in [2.45, 2.75) is 19.9 Å². The number of benzene rings is 2. The van der Waals surface area contributed by atoms with Crippen LogP contribution in [0.3, 0.4) is 0 Å². The first-order valence-corrected chi connectivity index (χ1v) is 10.6. The van der Waals surface area contributed by atoms with Gasteiger partial charge in [-0.05, 0) is 49.7 Å². The number of H-pyrrole nitrogens is 1. The van der Waals surface area contributed by atoms with E-state index in [4.69, 9.17) is 4.74 Å². The highest BCUT2D eigenvalue weighted by Crippen LogP contribution is 2.33. The molecular formula is C25H25FN4O3. The predicted molar refractivity (Wildman–Crippen MR) is 124 cm³/mol. The van der Waals surface area contributed by atoms with Gasteiger partial charge in [0, 0.05) is 41.0 Å². The molecule has 0 aliphatic rings. The number of pyridine rings is 1. The summed E-state index contributed by atoms with van der Waals surface area (Å²) in [6.07, 6.45) is 3.33. The summed E-state index contributed by atoms with van der Waals surface area (Å²) in [5.74, 6) is -0.164. The highest BCUT2D eigenvalue weighted by atomic mass is 19.1. The minimum atomic E-state index is -0.632. The van der Waals surface area contributed by atoms with Gasteiger partial charge in [-0.1, -0.05) is 12.1 Å². The van der Waals surface area contributed by atoms with Gasteiger partial charge in [-0.3, -0.25) is 14.9 Å². The number of hydrogen-bond donors (Lipinski definition) is 2. The lowest BCUT2D eigenvalue weighted by molar-refractivity contribution is 0.0659. The Kier molecular flexibility index (Phi) is 6.37. The first-order chi connectivity index (χ1) is 15.9. The topological polar surface area (TPSA) is 91.3 Å². The fourth-order valence-electron chi connectivity index (χ4n) is 3.93. The molecule has 0 aliphatic heterocycles. The van der Waals surface area contributed by atoms with E-state index in [0.717, 1.165) is 16.6 Å². The molecule has 2 N–H and O–H groups in total. The third kappa shape index (κ3) is 4.29. The zero-order chi connectivity index (χ0) is 23.5. The van der Waals surface area contributed by atoms with E-state index in [1.54, 1.807) is 49.8 Å². The number of aromatic amines is 1. The maximum absolute atomic E-state index is 13.7. The largest absolute Gasteiger partial charge is 0.493 e. The van der Waals surface area contributed by atoms with Gasteiger partial charge in [-0.15, -0.1) is 0 Å². The number of aromatic nitrogens is 3. The number of aryl methyl sites for hydroxylation is 1. The quantitative estimate of drug-likeness (QED) is 0.440. The molecule has 0 spiro atoms. The molecule has 1 amide bonds. The van der Waals surface area contributed by atoms with Crippen LogP contribution in [0.1, 0.15) is 34.6 Å². The number of hydrogen-bond acceptors (Lipinski definition) is 5. The number of aliphatic hydroxyl groups is 1. The highest BCUT2D eigenvalue weighted by molar-refractivity contribution is 5.96. The second-order valence-corrected chi connectivity index (χ2v) is 7.73. The van der Waals surface area contributed by atoms with Crippen LogP contribution in [-0.4, -0.2) is 51.4 Å². The molecule has 0 fully saturated rings. The van der Waals surface area contributed by atoms with Crippen molar-refractivity contribution in [1.29, 1.82) is 0 Å². The Hall–Kier alpha value is -3.78. The minimum absolute atomic E-state index is 0.291. The smallest absolute Gasteiger partial charge is 0.254 e. The molecule has 4 aromatic rings. The number of amides is 1. The lowest BCUT2D eigenvalue weighted by atomic mass is 10.0. The third-order valence-corrected chi connectivity index (χ3v) is 5.70. The monoisotopic (exact) mass is 448 g/mol. The maximum atomic E-state index is 13.7. The second-order valence-electron chi connectivity index (χ2n) is 7.73. The van der Waals surface area contributed by atoms with Crippen molar-refractivity contribution in [3.05, 3.63) is 77.5 Å². The summed E-state index contributed by atoms with van der Waals surface area (Å²) in [7, 11) is 1.63. The van der Waals surface area contributed by atoms with E-state index >= 15 is 0 Å². The molecule has 1 unspecified atom stereocenters. The van der Waals surface area contributed by atoms with Crippen LogP contribution in [0.15, 0.2) is 54.9 Å². The van der Waals surface area contributed by atoms with Crippen molar-refractivity contribution in [3.8, 4) is 16.9 Å². The van der Waals surface area contributed by atoms with Gasteiger partial charge in [0.2, 0.25) is 0 Å². The Morgan fingerprint density at radius 2 is 2.06 bits per heavy atom. The van der Waals surface area contributed by atoms with Gasteiger partial charge in [0.15, 0.2) is 0 Å². The van der Waals surface area contributed by atoms with Crippen LogP contribution in [0.5, 0.6) is 5.75 Å². The van der Waals surface area contributed by atoms with Crippen LogP contribution >= 0.6 is 0 Å². The number of carbonyl (C=O) groups excluding carboxylic acids is 1. The van der Waals surface area contributed by atoms with Crippen LogP contribution in [0, 0.1) is 12.7 Å². The van der Waals surface area contributed by atoms with E-state index < -0.39 is 6.04 Å².